The number of aryl methyl sites for hydroxylation is 1. The van der Waals surface area contributed by atoms with Crippen LogP contribution < -0.4 is 5.32 Å². The number of alkyl halides is 1. The second kappa shape index (κ2) is 5.87. The maximum atomic E-state index is 11.9. The summed E-state index contributed by atoms with van der Waals surface area (Å²) in [4.78, 5) is 12.8. The van der Waals surface area contributed by atoms with Crippen LogP contribution in [0.3, 0.4) is 0 Å². The highest BCUT2D eigenvalue weighted by atomic mass is 35.5. The summed E-state index contributed by atoms with van der Waals surface area (Å²) < 4.78 is 0. The zero-order chi connectivity index (χ0) is 12.3. The fraction of sp³-hybridized carbons (Fsp3) is 0.615. The van der Waals surface area contributed by atoms with Crippen molar-refractivity contribution in [3.8, 4) is 0 Å². The molecular weight excluding hydrogens is 254 g/mol. The summed E-state index contributed by atoms with van der Waals surface area (Å²) in [6.07, 6.45) is 4.68. The molecular formula is C13H18ClNOS. The maximum Gasteiger partial charge on any atom is 0.261 e. The van der Waals surface area contributed by atoms with Crippen molar-refractivity contribution in [2.45, 2.75) is 38.0 Å². The molecule has 0 spiro atoms. The van der Waals surface area contributed by atoms with E-state index in [0.29, 0.717) is 12.5 Å². The van der Waals surface area contributed by atoms with E-state index < -0.39 is 0 Å². The molecule has 1 aromatic heterocycles. The lowest BCUT2D eigenvalue weighted by molar-refractivity contribution is 0.0947. The van der Waals surface area contributed by atoms with Crippen LogP contribution in [0, 0.1) is 12.8 Å². The van der Waals surface area contributed by atoms with Gasteiger partial charge in [-0.15, -0.1) is 22.9 Å². The molecule has 1 amide bonds. The van der Waals surface area contributed by atoms with E-state index >= 15 is 0 Å². The maximum absolute atomic E-state index is 11.9. The van der Waals surface area contributed by atoms with Gasteiger partial charge >= 0.3 is 0 Å². The molecule has 0 saturated heterocycles. The summed E-state index contributed by atoms with van der Waals surface area (Å²) in [6.45, 7) is 2.68. The van der Waals surface area contributed by atoms with Crippen LogP contribution >= 0.6 is 22.9 Å². The Morgan fingerprint density at radius 2 is 2.29 bits per heavy atom. The lowest BCUT2D eigenvalue weighted by Gasteiger charge is -2.27. The van der Waals surface area contributed by atoms with Gasteiger partial charge in [-0.05, 0) is 42.7 Å². The minimum absolute atomic E-state index is 0.0481. The van der Waals surface area contributed by atoms with Gasteiger partial charge in [0.1, 0.15) is 0 Å². The zero-order valence-electron chi connectivity index (χ0n) is 10.0. The third kappa shape index (κ3) is 3.23. The standard InChI is InChI=1S/C13H18ClNOS/c1-9-6-7-17-12(9)13(16)15-8-10-4-2-3-5-11(10)14/h6-7,10-11H,2-5,8H2,1H3,(H,15,16). The minimum atomic E-state index is 0.0481. The van der Waals surface area contributed by atoms with Crippen LogP contribution in [0.1, 0.15) is 40.9 Å². The van der Waals surface area contributed by atoms with Gasteiger partial charge in [-0.2, -0.15) is 0 Å². The van der Waals surface area contributed by atoms with Gasteiger partial charge in [0.25, 0.3) is 5.91 Å². The van der Waals surface area contributed by atoms with Crippen molar-refractivity contribution in [3.63, 3.8) is 0 Å². The molecule has 4 heteroatoms. The third-order valence-electron chi connectivity index (χ3n) is 3.41. The second-order valence-electron chi connectivity index (χ2n) is 4.70. The Morgan fingerprint density at radius 3 is 2.94 bits per heavy atom. The summed E-state index contributed by atoms with van der Waals surface area (Å²) in [6, 6.07) is 1.98. The molecule has 1 aliphatic rings. The summed E-state index contributed by atoms with van der Waals surface area (Å²) in [7, 11) is 0. The molecule has 0 radical (unpaired) electrons. The Labute approximate surface area is 111 Å². The predicted octanol–water partition coefficient (Wildman–Crippen LogP) is 3.58. The first-order chi connectivity index (χ1) is 8.18. The van der Waals surface area contributed by atoms with Gasteiger partial charge in [-0.3, -0.25) is 4.79 Å². The number of hydrogen-bond donors (Lipinski definition) is 1. The second-order valence-corrected chi connectivity index (χ2v) is 6.18. The summed E-state index contributed by atoms with van der Waals surface area (Å²) in [5.74, 6) is 0.488. The van der Waals surface area contributed by atoms with Crippen molar-refractivity contribution in [3.05, 3.63) is 21.9 Å². The number of hydrogen-bond acceptors (Lipinski definition) is 2. The van der Waals surface area contributed by atoms with E-state index in [1.54, 1.807) is 0 Å². The van der Waals surface area contributed by atoms with Crippen LogP contribution in [0.5, 0.6) is 0 Å². The van der Waals surface area contributed by atoms with Gasteiger partial charge < -0.3 is 5.32 Å². The fourth-order valence-electron chi connectivity index (χ4n) is 2.30. The van der Waals surface area contributed by atoms with Crippen molar-refractivity contribution in [1.29, 1.82) is 0 Å². The highest BCUT2D eigenvalue weighted by Crippen LogP contribution is 2.28. The lowest BCUT2D eigenvalue weighted by atomic mass is 9.89. The average Bonchev–Trinajstić information content (AvgIpc) is 2.74. The average molecular weight is 272 g/mol. The Morgan fingerprint density at radius 1 is 1.53 bits per heavy atom. The van der Waals surface area contributed by atoms with Crippen LogP contribution in [-0.2, 0) is 0 Å². The van der Waals surface area contributed by atoms with Crippen LogP contribution in [-0.4, -0.2) is 17.8 Å². The summed E-state index contributed by atoms with van der Waals surface area (Å²) in [5.41, 5.74) is 1.05. The molecule has 1 saturated carbocycles. The third-order valence-corrected chi connectivity index (χ3v) is 5.00. The summed E-state index contributed by atoms with van der Waals surface area (Å²) in [5, 5.41) is 5.20. The van der Waals surface area contributed by atoms with E-state index in [2.05, 4.69) is 5.32 Å². The predicted molar refractivity (Wildman–Crippen MR) is 73.0 cm³/mol. The number of carbonyl (C=O) groups is 1. The van der Waals surface area contributed by atoms with Crippen molar-refractivity contribution in [1.82, 2.24) is 5.32 Å². The molecule has 1 fully saturated rings. The van der Waals surface area contributed by atoms with E-state index in [1.165, 1.54) is 24.2 Å². The van der Waals surface area contributed by atoms with E-state index in [0.717, 1.165) is 23.3 Å². The van der Waals surface area contributed by atoms with Crippen molar-refractivity contribution in [2.24, 2.45) is 5.92 Å². The van der Waals surface area contributed by atoms with Crippen LogP contribution in [0.2, 0.25) is 0 Å². The van der Waals surface area contributed by atoms with E-state index in [9.17, 15) is 4.79 Å². The molecule has 94 valence electrons. The molecule has 2 unspecified atom stereocenters. The largest absolute Gasteiger partial charge is 0.351 e. The normalized spacial score (nSPS) is 24.6. The molecule has 0 aliphatic heterocycles. The van der Waals surface area contributed by atoms with Crippen LogP contribution in [0.25, 0.3) is 0 Å². The number of carbonyl (C=O) groups excluding carboxylic acids is 1. The van der Waals surface area contributed by atoms with Crippen LogP contribution in [0.15, 0.2) is 11.4 Å². The smallest absolute Gasteiger partial charge is 0.261 e. The SMILES string of the molecule is Cc1ccsc1C(=O)NCC1CCCCC1Cl. The minimum Gasteiger partial charge on any atom is -0.351 e. The first kappa shape index (κ1) is 12.9. The number of halogens is 1. The molecule has 0 aromatic carbocycles. The topological polar surface area (TPSA) is 29.1 Å². The Kier molecular flexibility index (Phi) is 4.46. The molecule has 0 bridgehead atoms. The monoisotopic (exact) mass is 271 g/mol. The van der Waals surface area contributed by atoms with Crippen molar-refractivity contribution >= 4 is 28.8 Å². The first-order valence-electron chi connectivity index (χ1n) is 6.15. The number of rotatable bonds is 3. The Bertz CT molecular complexity index is 391. The van der Waals surface area contributed by atoms with E-state index in [1.807, 2.05) is 18.4 Å². The van der Waals surface area contributed by atoms with E-state index in [4.69, 9.17) is 11.6 Å². The Hall–Kier alpha value is -0.540. The van der Waals surface area contributed by atoms with Crippen molar-refractivity contribution in [2.75, 3.05) is 6.54 Å². The van der Waals surface area contributed by atoms with Gasteiger partial charge in [0.2, 0.25) is 0 Å². The zero-order valence-corrected chi connectivity index (χ0v) is 11.6. The molecule has 2 atom stereocenters. The highest BCUT2D eigenvalue weighted by Gasteiger charge is 2.23. The first-order valence-corrected chi connectivity index (χ1v) is 7.46. The van der Waals surface area contributed by atoms with Crippen LogP contribution in [0.4, 0.5) is 0 Å². The number of nitrogens with one attached hydrogen (secondary N) is 1. The van der Waals surface area contributed by atoms with Gasteiger partial charge in [0.15, 0.2) is 0 Å². The van der Waals surface area contributed by atoms with Gasteiger partial charge in [0, 0.05) is 11.9 Å². The molecule has 1 aliphatic carbocycles. The quantitative estimate of drug-likeness (QED) is 0.837. The van der Waals surface area contributed by atoms with E-state index in [-0.39, 0.29) is 11.3 Å². The highest BCUT2D eigenvalue weighted by molar-refractivity contribution is 7.12. The number of amides is 1. The van der Waals surface area contributed by atoms with Gasteiger partial charge in [0.05, 0.1) is 4.88 Å². The molecule has 1 aromatic rings. The summed E-state index contributed by atoms with van der Waals surface area (Å²) >= 11 is 7.77. The van der Waals surface area contributed by atoms with Crippen molar-refractivity contribution < 1.29 is 4.79 Å². The molecule has 1 heterocycles. The fourth-order valence-corrected chi connectivity index (χ4v) is 3.51. The Balaban J connectivity index is 1.86. The molecule has 2 nitrogen and oxygen atoms in total. The molecule has 1 N–H and O–H groups in total. The molecule has 2 rings (SSSR count). The number of thiophene rings is 1. The molecule has 17 heavy (non-hydrogen) atoms. The van der Waals surface area contributed by atoms with Gasteiger partial charge in [-0.25, -0.2) is 0 Å². The van der Waals surface area contributed by atoms with Gasteiger partial charge in [-0.1, -0.05) is 12.8 Å². The lowest BCUT2D eigenvalue weighted by Crippen LogP contribution is -2.34.